The Morgan fingerprint density at radius 3 is 2.14 bits per heavy atom. The number of hydrogen-bond acceptors (Lipinski definition) is 1. The highest BCUT2D eigenvalue weighted by Crippen LogP contribution is 2.24. The quantitative estimate of drug-likeness (QED) is 0.796. The molecule has 0 radical (unpaired) electrons. The smallest absolute Gasteiger partial charge is 0.116 e. The van der Waals surface area contributed by atoms with Gasteiger partial charge in [-0.1, -0.05) is 24.3 Å². The maximum atomic E-state index is 9.34. The van der Waals surface area contributed by atoms with Gasteiger partial charge in [-0.3, -0.25) is 0 Å². The Morgan fingerprint density at radius 2 is 1.50 bits per heavy atom. The van der Waals surface area contributed by atoms with Crippen LogP contribution in [0.4, 0.5) is 0 Å². The lowest BCUT2D eigenvalue weighted by molar-refractivity contribution is 0.475. The Kier molecular flexibility index (Phi) is 2.72. The largest absolute Gasteiger partial charge is 0.508 e. The lowest BCUT2D eigenvalue weighted by Crippen LogP contribution is -1.78. The van der Waals surface area contributed by atoms with Gasteiger partial charge in [0.2, 0.25) is 0 Å². The molecule has 0 saturated carbocycles. The summed E-state index contributed by atoms with van der Waals surface area (Å²) in [5.41, 5.74) is 2.18. The van der Waals surface area contributed by atoms with E-state index in [0.717, 1.165) is 11.1 Å². The third kappa shape index (κ3) is 2.07. The molecule has 0 amide bonds. The average Bonchev–Trinajstić information content (AvgIpc) is 2.18. The van der Waals surface area contributed by atoms with E-state index in [-0.39, 0.29) is 0 Å². The van der Waals surface area contributed by atoms with Crippen molar-refractivity contribution in [1.29, 1.82) is 0 Å². The van der Waals surface area contributed by atoms with Crippen LogP contribution in [0.1, 0.15) is 0 Å². The first kappa shape index (κ1) is 9.52. The van der Waals surface area contributed by atoms with Crippen LogP contribution in [0.2, 0.25) is 0 Å². The minimum atomic E-state index is 0.307. The minimum Gasteiger partial charge on any atom is -0.508 e. The fourth-order valence-corrected chi connectivity index (χ4v) is 1.90. The van der Waals surface area contributed by atoms with Crippen molar-refractivity contribution in [2.24, 2.45) is 0 Å². The Bertz CT molecular complexity index is 408. The zero-order chi connectivity index (χ0) is 9.97. The molecule has 0 saturated heterocycles. The standard InChI is InChI=1S/C12H9IO/c13-11-5-1-3-9(7-11)10-4-2-6-12(14)8-10/h1-8,14H. The van der Waals surface area contributed by atoms with E-state index >= 15 is 0 Å². The van der Waals surface area contributed by atoms with Gasteiger partial charge < -0.3 is 5.11 Å². The summed E-state index contributed by atoms with van der Waals surface area (Å²) in [5.74, 6) is 0.307. The van der Waals surface area contributed by atoms with Crippen LogP contribution in [-0.2, 0) is 0 Å². The highest BCUT2D eigenvalue weighted by Gasteiger charge is 1.98. The molecule has 0 heterocycles. The molecule has 2 rings (SSSR count). The van der Waals surface area contributed by atoms with Crippen molar-refractivity contribution in [1.82, 2.24) is 0 Å². The zero-order valence-corrected chi connectivity index (χ0v) is 9.60. The lowest BCUT2D eigenvalue weighted by atomic mass is 10.1. The zero-order valence-electron chi connectivity index (χ0n) is 7.44. The Balaban J connectivity index is 2.49. The van der Waals surface area contributed by atoms with Crippen molar-refractivity contribution in [3.8, 4) is 16.9 Å². The van der Waals surface area contributed by atoms with E-state index in [2.05, 4.69) is 28.7 Å². The molecule has 0 atom stereocenters. The number of aromatic hydroxyl groups is 1. The van der Waals surface area contributed by atoms with Crippen LogP contribution in [-0.4, -0.2) is 5.11 Å². The average molecular weight is 296 g/mol. The van der Waals surface area contributed by atoms with E-state index in [1.54, 1.807) is 12.1 Å². The third-order valence-corrected chi connectivity index (χ3v) is 2.68. The van der Waals surface area contributed by atoms with Crippen molar-refractivity contribution in [3.63, 3.8) is 0 Å². The molecular weight excluding hydrogens is 287 g/mol. The third-order valence-electron chi connectivity index (χ3n) is 2.00. The van der Waals surface area contributed by atoms with Crippen LogP contribution in [0, 0.1) is 3.57 Å². The first-order valence-corrected chi connectivity index (χ1v) is 5.38. The van der Waals surface area contributed by atoms with Crippen LogP contribution in [0.25, 0.3) is 11.1 Å². The monoisotopic (exact) mass is 296 g/mol. The topological polar surface area (TPSA) is 20.2 Å². The number of rotatable bonds is 1. The molecule has 0 unspecified atom stereocenters. The molecule has 0 aliphatic rings. The molecule has 1 N–H and O–H groups in total. The summed E-state index contributed by atoms with van der Waals surface area (Å²) in [6.07, 6.45) is 0. The van der Waals surface area contributed by atoms with Crippen LogP contribution < -0.4 is 0 Å². The number of phenolic OH excluding ortho intramolecular Hbond substituents is 1. The van der Waals surface area contributed by atoms with Gasteiger partial charge in [0, 0.05) is 3.57 Å². The first-order chi connectivity index (χ1) is 6.75. The lowest BCUT2D eigenvalue weighted by Gasteiger charge is -2.02. The molecule has 0 bridgehead atoms. The van der Waals surface area contributed by atoms with Gasteiger partial charge in [-0.2, -0.15) is 0 Å². The molecule has 14 heavy (non-hydrogen) atoms. The second-order valence-corrected chi connectivity index (χ2v) is 4.31. The molecule has 2 aromatic carbocycles. The molecule has 70 valence electrons. The normalized spacial score (nSPS) is 10.1. The van der Waals surface area contributed by atoms with Crippen molar-refractivity contribution >= 4 is 22.6 Å². The molecule has 2 aromatic rings. The van der Waals surface area contributed by atoms with Crippen molar-refractivity contribution < 1.29 is 5.11 Å². The van der Waals surface area contributed by atoms with Crippen molar-refractivity contribution in [2.45, 2.75) is 0 Å². The second-order valence-electron chi connectivity index (χ2n) is 3.06. The maximum absolute atomic E-state index is 9.34. The molecule has 0 fully saturated rings. The summed E-state index contributed by atoms with van der Waals surface area (Å²) in [4.78, 5) is 0. The summed E-state index contributed by atoms with van der Waals surface area (Å²) >= 11 is 2.28. The van der Waals surface area contributed by atoms with Crippen LogP contribution in [0.15, 0.2) is 48.5 Å². The summed E-state index contributed by atoms with van der Waals surface area (Å²) in [6, 6.07) is 15.5. The molecule has 0 aliphatic heterocycles. The number of halogens is 1. The Morgan fingerprint density at radius 1 is 0.857 bits per heavy atom. The highest BCUT2D eigenvalue weighted by atomic mass is 127. The van der Waals surface area contributed by atoms with Crippen molar-refractivity contribution in [3.05, 3.63) is 52.1 Å². The molecule has 0 aromatic heterocycles. The van der Waals surface area contributed by atoms with Crippen molar-refractivity contribution in [2.75, 3.05) is 0 Å². The van der Waals surface area contributed by atoms with Gasteiger partial charge in [-0.05, 0) is 58.0 Å². The SMILES string of the molecule is Oc1cccc(-c2cccc(I)c2)c1. The fourth-order valence-electron chi connectivity index (χ4n) is 1.35. The van der Waals surface area contributed by atoms with Crippen LogP contribution >= 0.6 is 22.6 Å². The number of phenols is 1. The number of hydrogen-bond donors (Lipinski definition) is 1. The van der Waals surface area contributed by atoms with Crippen LogP contribution in [0.3, 0.4) is 0 Å². The Labute approximate surface area is 96.5 Å². The van der Waals surface area contributed by atoms with Gasteiger partial charge in [0.25, 0.3) is 0 Å². The maximum Gasteiger partial charge on any atom is 0.116 e. The first-order valence-electron chi connectivity index (χ1n) is 4.31. The summed E-state index contributed by atoms with van der Waals surface area (Å²) in [7, 11) is 0. The second kappa shape index (κ2) is 4.00. The fraction of sp³-hybridized carbons (Fsp3) is 0. The molecule has 0 spiro atoms. The summed E-state index contributed by atoms with van der Waals surface area (Å²) in [6.45, 7) is 0. The van der Waals surface area contributed by atoms with E-state index in [1.165, 1.54) is 3.57 Å². The predicted octanol–water partition coefficient (Wildman–Crippen LogP) is 3.66. The molecule has 0 aliphatic carbocycles. The van der Waals surface area contributed by atoms with E-state index in [4.69, 9.17) is 0 Å². The minimum absolute atomic E-state index is 0.307. The summed E-state index contributed by atoms with van der Waals surface area (Å²) in [5, 5.41) is 9.34. The molecule has 2 heteroatoms. The van der Waals surface area contributed by atoms with E-state index in [1.807, 2.05) is 30.3 Å². The van der Waals surface area contributed by atoms with E-state index < -0.39 is 0 Å². The van der Waals surface area contributed by atoms with E-state index in [0.29, 0.717) is 5.75 Å². The van der Waals surface area contributed by atoms with Gasteiger partial charge in [0.1, 0.15) is 5.75 Å². The highest BCUT2D eigenvalue weighted by molar-refractivity contribution is 14.1. The van der Waals surface area contributed by atoms with Gasteiger partial charge in [0.15, 0.2) is 0 Å². The van der Waals surface area contributed by atoms with Crippen LogP contribution in [0.5, 0.6) is 5.75 Å². The predicted molar refractivity (Wildman–Crippen MR) is 66.3 cm³/mol. The van der Waals surface area contributed by atoms with Gasteiger partial charge in [-0.15, -0.1) is 0 Å². The van der Waals surface area contributed by atoms with E-state index in [9.17, 15) is 5.11 Å². The number of benzene rings is 2. The van der Waals surface area contributed by atoms with Gasteiger partial charge >= 0.3 is 0 Å². The molecule has 1 nitrogen and oxygen atoms in total. The van der Waals surface area contributed by atoms with Gasteiger partial charge in [0.05, 0.1) is 0 Å². The van der Waals surface area contributed by atoms with Gasteiger partial charge in [-0.25, -0.2) is 0 Å². The Hall–Kier alpha value is -1.03. The molecular formula is C12H9IO. The summed E-state index contributed by atoms with van der Waals surface area (Å²) < 4.78 is 1.20.